The molecule has 1 aliphatic heterocycles. The molecule has 1 fully saturated rings. The molecule has 0 aliphatic carbocycles. The Morgan fingerprint density at radius 2 is 1.87 bits per heavy atom. The Hall–Kier alpha value is -2.33. The predicted octanol–water partition coefficient (Wildman–Crippen LogP) is 2.82. The number of nitrogens with one attached hydrogen (secondary N) is 2. The van der Waals surface area contributed by atoms with Gasteiger partial charge in [0.1, 0.15) is 6.04 Å². The van der Waals surface area contributed by atoms with Crippen LogP contribution in [0.3, 0.4) is 0 Å². The van der Waals surface area contributed by atoms with Crippen molar-refractivity contribution in [3.8, 4) is 0 Å². The number of hydrogen-bond acceptors (Lipinski definition) is 2. The molecule has 0 aromatic heterocycles. The molecule has 23 heavy (non-hydrogen) atoms. The minimum Gasteiger partial charge on any atom is -0.344 e. The van der Waals surface area contributed by atoms with E-state index in [4.69, 9.17) is 11.6 Å². The summed E-state index contributed by atoms with van der Waals surface area (Å²) in [5, 5.41) is 6.34. The third kappa shape index (κ3) is 3.71. The molecule has 0 bridgehead atoms. The maximum Gasteiger partial charge on any atom is 0.243 e. The fraction of sp³-hybridized carbons (Fsp3) is 0.222. The molecule has 1 unspecified atom stereocenters. The third-order valence-corrected chi connectivity index (χ3v) is 4.15. The van der Waals surface area contributed by atoms with E-state index in [-0.39, 0.29) is 17.9 Å². The van der Waals surface area contributed by atoms with Crippen LogP contribution in [0.25, 0.3) is 0 Å². The van der Waals surface area contributed by atoms with Crippen LogP contribution in [-0.2, 0) is 9.59 Å². The van der Waals surface area contributed by atoms with Crippen LogP contribution >= 0.6 is 11.6 Å². The Balaban J connectivity index is 1.87. The van der Waals surface area contributed by atoms with E-state index in [0.29, 0.717) is 17.9 Å². The first-order valence-corrected chi connectivity index (χ1v) is 7.91. The number of rotatable bonds is 4. The molecule has 5 heteroatoms. The van der Waals surface area contributed by atoms with Gasteiger partial charge in [0.15, 0.2) is 0 Å². The highest BCUT2D eigenvalue weighted by Crippen LogP contribution is 2.25. The van der Waals surface area contributed by atoms with Gasteiger partial charge in [-0.3, -0.25) is 9.59 Å². The fourth-order valence-electron chi connectivity index (χ4n) is 2.74. The lowest BCUT2D eigenvalue weighted by Gasteiger charge is -2.22. The standard InChI is InChI=1S/C18H17ClN2O2/c19-14-8-4-7-13(11-14)17(12-5-2-1-3-6-12)21-18(23)15-9-10-16(22)20-15/h1-8,11,15,17H,9-10H2,(H,20,22)(H,21,23)/t15-,17?/m1/s1. The second-order valence-electron chi connectivity index (χ2n) is 5.57. The number of hydrogen-bond donors (Lipinski definition) is 2. The Labute approximate surface area is 139 Å². The van der Waals surface area contributed by atoms with Crippen LogP contribution in [0.2, 0.25) is 5.02 Å². The zero-order valence-corrected chi connectivity index (χ0v) is 13.2. The molecule has 2 atom stereocenters. The van der Waals surface area contributed by atoms with Crippen LogP contribution in [0.4, 0.5) is 0 Å². The van der Waals surface area contributed by atoms with E-state index in [2.05, 4.69) is 10.6 Å². The van der Waals surface area contributed by atoms with Crippen molar-refractivity contribution in [2.24, 2.45) is 0 Å². The van der Waals surface area contributed by atoms with Gasteiger partial charge in [0, 0.05) is 11.4 Å². The highest BCUT2D eigenvalue weighted by atomic mass is 35.5. The molecule has 1 saturated heterocycles. The van der Waals surface area contributed by atoms with Crippen LogP contribution in [0.5, 0.6) is 0 Å². The Morgan fingerprint density at radius 3 is 2.52 bits per heavy atom. The van der Waals surface area contributed by atoms with E-state index in [1.165, 1.54) is 0 Å². The minimum atomic E-state index is -0.465. The van der Waals surface area contributed by atoms with Crippen LogP contribution < -0.4 is 10.6 Å². The number of benzene rings is 2. The van der Waals surface area contributed by atoms with Crippen LogP contribution in [0, 0.1) is 0 Å². The van der Waals surface area contributed by atoms with E-state index in [1.54, 1.807) is 6.07 Å². The van der Waals surface area contributed by atoms with Crippen molar-refractivity contribution in [3.63, 3.8) is 0 Å². The van der Waals surface area contributed by atoms with Gasteiger partial charge >= 0.3 is 0 Å². The summed E-state index contributed by atoms with van der Waals surface area (Å²) in [6.07, 6.45) is 0.924. The van der Waals surface area contributed by atoms with Crippen LogP contribution in [0.1, 0.15) is 30.0 Å². The molecular formula is C18H17ClN2O2. The normalized spacial score (nSPS) is 18.3. The zero-order valence-electron chi connectivity index (χ0n) is 12.5. The largest absolute Gasteiger partial charge is 0.344 e. The van der Waals surface area contributed by atoms with Crippen LogP contribution in [0.15, 0.2) is 54.6 Å². The van der Waals surface area contributed by atoms with Gasteiger partial charge in [0.25, 0.3) is 0 Å². The molecule has 0 saturated carbocycles. The van der Waals surface area contributed by atoms with Gasteiger partial charge in [-0.2, -0.15) is 0 Å². The first-order chi connectivity index (χ1) is 11.1. The Bertz CT molecular complexity index is 718. The lowest BCUT2D eigenvalue weighted by Crippen LogP contribution is -2.43. The summed E-state index contributed by atoms with van der Waals surface area (Å²) in [6.45, 7) is 0. The number of amides is 2. The molecule has 118 valence electrons. The summed E-state index contributed by atoms with van der Waals surface area (Å²) in [6, 6.07) is 16.3. The molecule has 1 heterocycles. The van der Waals surface area contributed by atoms with E-state index in [0.717, 1.165) is 11.1 Å². The summed E-state index contributed by atoms with van der Waals surface area (Å²) < 4.78 is 0. The molecule has 4 nitrogen and oxygen atoms in total. The summed E-state index contributed by atoms with van der Waals surface area (Å²) in [7, 11) is 0. The Kier molecular flexibility index (Phi) is 4.63. The van der Waals surface area contributed by atoms with Gasteiger partial charge in [-0.15, -0.1) is 0 Å². The molecule has 2 N–H and O–H groups in total. The van der Waals surface area contributed by atoms with Gasteiger partial charge in [0.2, 0.25) is 11.8 Å². The van der Waals surface area contributed by atoms with E-state index in [1.807, 2.05) is 48.5 Å². The predicted molar refractivity (Wildman–Crippen MR) is 89.0 cm³/mol. The first-order valence-electron chi connectivity index (χ1n) is 7.53. The third-order valence-electron chi connectivity index (χ3n) is 3.91. The van der Waals surface area contributed by atoms with Gasteiger partial charge < -0.3 is 10.6 Å². The van der Waals surface area contributed by atoms with E-state index >= 15 is 0 Å². The Morgan fingerprint density at radius 1 is 1.13 bits per heavy atom. The maximum atomic E-state index is 12.5. The molecule has 2 aromatic carbocycles. The van der Waals surface area contributed by atoms with Crippen molar-refractivity contribution in [1.82, 2.24) is 10.6 Å². The summed E-state index contributed by atoms with van der Waals surface area (Å²) in [5.41, 5.74) is 1.87. The second-order valence-corrected chi connectivity index (χ2v) is 6.00. The SMILES string of the molecule is O=C1CC[C@H](C(=O)NC(c2ccccc2)c2cccc(Cl)c2)N1. The monoisotopic (exact) mass is 328 g/mol. The quantitative estimate of drug-likeness (QED) is 0.906. The summed E-state index contributed by atoms with van der Waals surface area (Å²) in [4.78, 5) is 23.8. The average molecular weight is 329 g/mol. The highest BCUT2D eigenvalue weighted by Gasteiger charge is 2.29. The number of carbonyl (C=O) groups is 2. The van der Waals surface area contributed by atoms with Gasteiger partial charge in [-0.25, -0.2) is 0 Å². The van der Waals surface area contributed by atoms with Crippen molar-refractivity contribution < 1.29 is 9.59 Å². The van der Waals surface area contributed by atoms with Crippen LogP contribution in [-0.4, -0.2) is 17.9 Å². The van der Waals surface area contributed by atoms with Crippen molar-refractivity contribution in [2.45, 2.75) is 24.9 Å². The lowest BCUT2D eigenvalue weighted by atomic mass is 9.98. The topological polar surface area (TPSA) is 58.2 Å². The molecule has 1 aliphatic rings. The smallest absolute Gasteiger partial charge is 0.243 e. The molecular weight excluding hydrogens is 312 g/mol. The van der Waals surface area contributed by atoms with Gasteiger partial charge in [-0.05, 0) is 29.7 Å². The van der Waals surface area contributed by atoms with Gasteiger partial charge in [0.05, 0.1) is 6.04 Å². The summed E-state index contributed by atoms with van der Waals surface area (Å²) in [5.74, 6) is -0.256. The molecule has 2 amide bonds. The number of carbonyl (C=O) groups excluding carboxylic acids is 2. The second kappa shape index (κ2) is 6.84. The maximum absolute atomic E-state index is 12.5. The fourth-order valence-corrected chi connectivity index (χ4v) is 2.94. The highest BCUT2D eigenvalue weighted by molar-refractivity contribution is 6.30. The average Bonchev–Trinajstić information content (AvgIpc) is 3.00. The van der Waals surface area contributed by atoms with Crippen molar-refractivity contribution in [3.05, 3.63) is 70.7 Å². The molecule has 2 aromatic rings. The van der Waals surface area contributed by atoms with Gasteiger partial charge in [-0.1, -0.05) is 54.1 Å². The van der Waals surface area contributed by atoms with Crippen molar-refractivity contribution in [2.75, 3.05) is 0 Å². The molecule has 3 rings (SSSR count). The first kappa shape index (κ1) is 15.6. The molecule has 0 radical (unpaired) electrons. The zero-order chi connectivity index (χ0) is 16.2. The number of halogens is 1. The van der Waals surface area contributed by atoms with Crippen molar-refractivity contribution in [1.29, 1.82) is 0 Å². The minimum absolute atomic E-state index is 0.0795. The lowest BCUT2D eigenvalue weighted by molar-refractivity contribution is -0.126. The van der Waals surface area contributed by atoms with Crippen molar-refractivity contribution >= 4 is 23.4 Å². The molecule has 0 spiro atoms. The van der Waals surface area contributed by atoms with E-state index < -0.39 is 6.04 Å². The summed E-state index contributed by atoms with van der Waals surface area (Å²) >= 11 is 6.09. The van der Waals surface area contributed by atoms with E-state index in [9.17, 15) is 9.59 Å².